The van der Waals surface area contributed by atoms with Gasteiger partial charge in [-0.1, -0.05) is 6.07 Å². The Bertz CT molecular complexity index is 1000. The number of carbonyl (C=O) groups is 1. The number of nitrogens with zero attached hydrogens (tertiary/aromatic N) is 3. The van der Waals surface area contributed by atoms with Crippen LogP contribution in [0.25, 0.3) is 11.0 Å². The molecule has 0 atom stereocenters. The van der Waals surface area contributed by atoms with Gasteiger partial charge in [-0.3, -0.25) is 4.79 Å². The lowest BCUT2D eigenvalue weighted by molar-refractivity contribution is 0.0924. The number of piperazine rings is 1. The zero-order valence-corrected chi connectivity index (χ0v) is 17.1. The van der Waals surface area contributed by atoms with Gasteiger partial charge in [0, 0.05) is 49.9 Å². The summed E-state index contributed by atoms with van der Waals surface area (Å²) in [6.45, 7) is 6.33. The third-order valence-electron chi connectivity index (χ3n) is 5.44. The maximum atomic E-state index is 12.6. The van der Waals surface area contributed by atoms with Crippen molar-refractivity contribution in [3.63, 3.8) is 0 Å². The first-order valence-corrected chi connectivity index (χ1v) is 9.79. The van der Waals surface area contributed by atoms with Gasteiger partial charge in [0.2, 0.25) is 0 Å². The highest BCUT2D eigenvalue weighted by atomic mass is 16.5. The van der Waals surface area contributed by atoms with Crippen LogP contribution >= 0.6 is 0 Å². The minimum absolute atomic E-state index is 0.235. The first-order valence-electron chi connectivity index (χ1n) is 9.79. The van der Waals surface area contributed by atoms with Crippen molar-refractivity contribution < 1.29 is 13.9 Å². The van der Waals surface area contributed by atoms with Gasteiger partial charge in [0.1, 0.15) is 17.2 Å². The standard InChI is InChI=1S/C22H26N4O3/c1-15-18-12-17(28-3)5-6-19(18)29-21(15)22(27)24-14-16-4-7-20(23-13-16)26-10-8-25(2)9-11-26/h4-7,12-13H,8-11,14H2,1-3H3,(H,24,27). The lowest BCUT2D eigenvalue weighted by atomic mass is 10.1. The zero-order valence-electron chi connectivity index (χ0n) is 17.1. The number of aryl methyl sites for hydroxylation is 1. The van der Waals surface area contributed by atoms with E-state index in [0.717, 1.165) is 54.3 Å². The van der Waals surface area contributed by atoms with E-state index in [1.165, 1.54) is 0 Å². The predicted molar refractivity (Wildman–Crippen MR) is 113 cm³/mol. The Kier molecular flexibility index (Phi) is 5.40. The molecule has 0 bridgehead atoms. The van der Waals surface area contributed by atoms with E-state index in [4.69, 9.17) is 9.15 Å². The lowest BCUT2D eigenvalue weighted by Gasteiger charge is -2.33. The van der Waals surface area contributed by atoms with Gasteiger partial charge in [-0.05, 0) is 43.8 Å². The van der Waals surface area contributed by atoms with Crippen molar-refractivity contribution in [1.29, 1.82) is 0 Å². The van der Waals surface area contributed by atoms with Crippen LogP contribution in [0, 0.1) is 6.92 Å². The molecule has 3 heterocycles. The third kappa shape index (κ3) is 4.05. The van der Waals surface area contributed by atoms with Crippen LogP contribution in [0.15, 0.2) is 40.9 Å². The summed E-state index contributed by atoms with van der Waals surface area (Å²) in [5, 5.41) is 3.81. The number of fused-ring (bicyclic) bond motifs is 1. The van der Waals surface area contributed by atoms with Crippen molar-refractivity contribution in [3.05, 3.63) is 53.4 Å². The van der Waals surface area contributed by atoms with Gasteiger partial charge >= 0.3 is 0 Å². The van der Waals surface area contributed by atoms with E-state index in [1.807, 2.05) is 43.5 Å². The molecule has 0 saturated carbocycles. The molecule has 1 N–H and O–H groups in total. The third-order valence-corrected chi connectivity index (χ3v) is 5.44. The van der Waals surface area contributed by atoms with E-state index in [1.54, 1.807) is 7.11 Å². The molecule has 0 aliphatic carbocycles. The highest BCUT2D eigenvalue weighted by molar-refractivity contribution is 5.99. The minimum atomic E-state index is -0.235. The zero-order chi connectivity index (χ0) is 20.4. The Morgan fingerprint density at radius 1 is 1.21 bits per heavy atom. The molecule has 4 rings (SSSR count). The molecule has 1 aliphatic rings. The maximum Gasteiger partial charge on any atom is 0.287 e. The topological polar surface area (TPSA) is 70.8 Å². The van der Waals surface area contributed by atoms with Crippen LogP contribution in [0.3, 0.4) is 0 Å². The summed E-state index contributed by atoms with van der Waals surface area (Å²) >= 11 is 0. The van der Waals surface area contributed by atoms with Gasteiger partial charge in [0.15, 0.2) is 5.76 Å². The Hall–Kier alpha value is -3.06. The number of rotatable bonds is 5. The smallest absolute Gasteiger partial charge is 0.287 e. The summed E-state index contributed by atoms with van der Waals surface area (Å²) < 4.78 is 11.0. The molecule has 1 fully saturated rings. The van der Waals surface area contributed by atoms with Crippen molar-refractivity contribution in [2.75, 3.05) is 45.2 Å². The summed E-state index contributed by atoms with van der Waals surface area (Å²) in [7, 11) is 3.75. The minimum Gasteiger partial charge on any atom is -0.497 e. The molecule has 0 radical (unpaired) electrons. The molecule has 1 aliphatic heterocycles. The molecule has 1 aromatic carbocycles. The summed E-state index contributed by atoms with van der Waals surface area (Å²) in [5.74, 6) is 1.81. The SMILES string of the molecule is COc1ccc2oc(C(=O)NCc3ccc(N4CCN(C)CC4)nc3)c(C)c2c1. The number of carbonyl (C=O) groups excluding carboxylic acids is 1. The second kappa shape index (κ2) is 8.13. The van der Waals surface area contributed by atoms with Crippen molar-refractivity contribution in [2.45, 2.75) is 13.5 Å². The van der Waals surface area contributed by atoms with E-state index >= 15 is 0 Å². The Morgan fingerprint density at radius 3 is 2.69 bits per heavy atom. The van der Waals surface area contributed by atoms with E-state index < -0.39 is 0 Å². The van der Waals surface area contributed by atoms with Crippen molar-refractivity contribution >= 4 is 22.7 Å². The molecule has 0 unspecified atom stereocenters. The number of pyridine rings is 1. The van der Waals surface area contributed by atoms with E-state index in [0.29, 0.717) is 17.9 Å². The predicted octanol–water partition coefficient (Wildman–Crippen LogP) is 2.83. The molecular formula is C22H26N4O3. The van der Waals surface area contributed by atoms with Crippen molar-refractivity contribution in [3.8, 4) is 5.75 Å². The number of aromatic nitrogens is 1. The Labute approximate surface area is 170 Å². The molecule has 2 aromatic heterocycles. The summed E-state index contributed by atoms with van der Waals surface area (Å²) in [5.41, 5.74) is 2.43. The summed E-state index contributed by atoms with van der Waals surface area (Å²) in [6, 6.07) is 9.55. The number of amides is 1. The number of hydrogen-bond donors (Lipinski definition) is 1. The molecule has 3 aromatic rings. The molecule has 29 heavy (non-hydrogen) atoms. The van der Waals surface area contributed by atoms with Crippen LogP contribution in [-0.2, 0) is 6.54 Å². The Balaban J connectivity index is 1.40. The normalized spacial score (nSPS) is 14.9. The van der Waals surface area contributed by atoms with Crippen LogP contribution in [-0.4, -0.2) is 56.1 Å². The van der Waals surface area contributed by atoms with Crippen LogP contribution in [0.2, 0.25) is 0 Å². The second-order valence-electron chi connectivity index (χ2n) is 7.42. The number of ether oxygens (including phenoxy) is 1. The van der Waals surface area contributed by atoms with Crippen molar-refractivity contribution in [2.24, 2.45) is 0 Å². The van der Waals surface area contributed by atoms with E-state index in [2.05, 4.69) is 27.1 Å². The number of hydrogen-bond acceptors (Lipinski definition) is 6. The number of furan rings is 1. The average Bonchev–Trinajstić information content (AvgIpc) is 3.09. The molecule has 1 amide bonds. The maximum absolute atomic E-state index is 12.6. The van der Waals surface area contributed by atoms with E-state index in [9.17, 15) is 4.79 Å². The number of likely N-dealkylation sites (N-methyl/N-ethyl adjacent to an activating group) is 1. The van der Waals surface area contributed by atoms with Crippen LogP contribution in [0.5, 0.6) is 5.75 Å². The fraction of sp³-hybridized carbons (Fsp3) is 0.364. The molecular weight excluding hydrogens is 368 g/mol. The molecule has 0 spiro atoms. The number of anilines is 1. The summed E-state index contributed by atoms with van der Waals surface area (Å²) in [4.78, 5) is 21.8. The van der Waals surface area contributed by atoms with Gasteiger partial charge in [0.05, 0.1) is 7.11 Å². The van der Waals surface area contributed by atoms with Crippen LogP contribution in [0.1, 0.15) is 21.7 Å². The fourth-order valence-corrected chi connectivity index (χ4v) is 3.55. The average molecular weight is 394 g/mol. The molecule has 1 saturated heterocycles. The van der Waals surface area contributed by atoms with Gasteiger partial charge in [0.25, 0.3) is 5.91 Å². The Morgan fingerprint density at radius 2 is 2.00 bits per heavy atom. The molecule has 152 valence electrons. The lowest BCUT2D eigenvalue weighted by Crippen LogP contribution is -2.44. The highest BCUT2D eigenvalue weighted by Crippen LogP contribution is 2.28. The highest BCUT2D eigenvalue weighted by Gasteiger charge is 2.18. The molecule has 7 heteroatoms. The van der Waals surface area contributed by atoms with Crippen LogP contribution in [0.4, 0.5) is 5.82 Å². The van der Waals surface area contributed by atoms with Gasteiger partial charge in [-0.2, -0.15) is 0 Å². The monoisotopic (exact) mass is 394 g/mol. The van der Waals surface area contributed by atoms with Gasteiger partial charge in [-0.15, -0.1) is 0 Å². The first kappa shape index (κ1) is 19.3. The second-order valence-corrected chi connectivity index (χ2v) is 7.42. The quantitative estimate of drug-likeness (QED) is 0.718. The molecule has 7 nitrogen and oxygen atoms in total. The number of benzene rings is 1. The number of nitrogens with one attached hydrogen (secondary N) is 1. The van der Waals surface area contributed by atoms with Crippen molar-refractivity contribution in [1.82, 2.24) is 15.2 Å². The van der Waals surface area contributed by atoms with E-state index in [-0.39, 0.29) is 5.91 Å². The fourth-order valence-electron chi connectivity index (χ4n) is 3.55. The summed E-state index contributed by atoms with van der Waals surface area (Å²) in [6.07, 6.45) is 1.82. The van der Waals surface area contributed by atoms with Gasteiger partial charge in [-0.25, -0.2) is 4.98 Å². The largest absolute Gasteiger partial charge is 0.497 e. The number of methoxy groups -OCH3 is 1. The van der Waals surface area contributed by atoms with Gasteiger partial charge < -0.3 is 24.3 Å². The first-order chi connectivity index (χ1) is 14.0. The van der Waals surface area contributed by atoms with Crippen LogP contribution < -0.4 is 15.0 Å².